The van der Waals surface area contributed by atoms with Crippen LogP contribution >= 0.6 is 0 Å². The van der Waals surface area contributed by atoms with E-state index in [-0.39, 0.29) is 6.42 Å². The number of carbonyl (C=O) groups is 2. The number of hydrogen-bond acceptors (Lipinski definition) is 3. The molecule has 0 fully saturated rings. The van der Waals surface area contributed by atoms with E-state index < -0.39 is 23.7 Å². The summed E-state index contributed by atoms with van der Waals surface area (Å²) in [6.45, 7) is 0.451. The van der Waals surface area contributed by atoms with Gasteiger partial charge in [0.15, 0.2) is 0 Å². The van der Waals surface area contributed by atoms with Crippen molar-refractivity contribution in [1.29, 1.82) is 0 Å². The largest absolute Gasteiger partial charge is 0.489 e. The van der Waals surface area contributed by atoms with Crippen LogP contribution in [0.4, 0.5) is 4.39 Å². The first-order valence-corrected chi connectivity index (χ1v) is 11.5. The van der Waals surface area contributed by atoms with Gasteiger partial charge in [0.25, 0.3) is 5.91 Å². The normalized spacial score (nSPS) is 11.9. The Labute approximate surface area is 206 Å². The molecular formula is C29H23FN2O4. The fourth-order valence-electron chi connectivity index (χ4n) is 4.18. The molecule has 6 nitrogen and oxygen atoms in total. The van der Waals surface area contributed by atoms with Gasteiger partial charge in [-0.25, -0.2) is 9.18 Å². The smallest absolute Gasteiger partial charge is 0.326 e. The van der Waals surface area contributed by atoms with E-state index in [1.807, 2.05) is 48.5 Å². The molecule has 0 spiro atoms. The molecule has 1 unspecified atom stereocenters. The number of H-pyrrole nitrogens is 1. The van der Waals surface area contributed by atoms with Gasteiger partial charge in [0.1, 0.15) is 24.2 Å². The monoisotopic (exact) mass is 482 g/mol. The fraction of sp³-hybridized carbons (Fsp3) is 0.103. The van der Waals surface area contributed by atoms with Crippen molar-refractivity contribution in [3.63, 3.8) is 0 Å². The van der Waals surface area contributed by atoms with E-state index in [9.17, 15) is 19.1 Å². The molecule has 1 atom stereocenters. The van der Waals surface area contributed by atoms with Crippen LogP contribution in [0.5, 0.6) is 5.75 Å². The molecule has 1 heterocycles. The topological polar surface area (TPSA) is 91.4 Å². The third kappa shape index (κ3) is 5.05. The van der Waals surface area contributed by atoms with Crippen molar-refractivity contribution in [3.05, 3.63) is 114 Å². The summed E-state index contributed by atoms with van der Waals surface area (Å²) in [7, 11) is 0. The minimum Gasteiger partial charge on any atom is -0.489 e. The first kappa shape index (κ1) is 23.1. The Kier molecular flexibility index (Phi) is 6.36. The molecule has 0 bridgehead atoms. The lowest BCUT2D eigenvalue weighted by Crippen LogP contribution is -2.42. The van der Waals surface area contributed by atoms with Gasteiger partial charge in [0, 0.05) is 29.1 Å². The van der Waals surface area contributed by atoms with Crippen LogP contribution in [0.1, 0.15) is 21.5 Å². The van der Waals surface area contributed by atoms with Crippen LogP contribution in [0.2, 0.25) is 0 Å². The quantitative estimate of drug-likeness (QED) is 0.274. The number of benzene rings is 4. The number of carboxylic acid groups (broad SMARTS) is 1. The maximum absolute atomic E-state index is 13.7. The predicted octanol–water partition coefficient (Wildman–Crippen LogP) is 5.46. The summed E-state index contributed by atoms with van der Waals surface area (Å²) in [5, 5.41) is 14.6. The highest BCUT2D eigenvalue weighted by molar-refractivity contribution is 6.00. The summed E-state index contributed by atoms with van der Waals surface area (Å²) >= 11 is 0. The van der Waals surface area contributed by atoms with E-state index in [0.717, 1.165) is 16.3 Å². The zero-order chi connectivity index (χ0) is 25.1. The van der Waals surface area contributed by atoms with Gasteiger partial charge in [0.2, 0.25) is 0 Å². The SMILES string of the molecule is O=C(NC(Cc1c[nH]c2ccc(F)cc12)C(=O)O)c1ccc2cc(OCc3ccccc3)ccc2c1. The van der Waals surface area contributed by atoms with Crippen LogP contribution in [0.3, 0.4) is 0 Å². The van der Waals surface area contributed by atoms with Gasteiger partial charge in [-0.3, -0.25) is 4.79 Å². The average Bonchev–Trinajstić information content (AvgIpc) is 3.28. The number of carboxylic acids is 1. The lowest BCUT2D eigenvalue weighted by Gasteiger charge is -2.15. The molecule has 5 rings (SSSR count). The molecule has 0 aliphatic heterocycles. The van der Waals surface area contributed by atoms with E-state index in [1.165, 1.54) is 12.1 Å². The first-order chi connectivity index (χ1) is 17.5. The lowest BCUT2D eigenvalue weighted by molar-refractivity contribution is -0.139. The molecule has 36 heavy (non-hydrogen) atoms. The number of nitrogens with one attached hydrogen (secondary N) is 2. The molecular weight excluding hydrogens is 459 g/mol. The number of hydrogen-bond donors (Lipinski definition) is 3. The van der Waals surface area contributed by atoms with E-state index in [4.69, 9.17) is 4.74 Å². The van der Waals surface area contributed by atoms with Gasteiger partial charge < -0.3 is 20.1 Å². The predicted molar refractivity (Wildman–Crippen MR) is 136 cm³/mol. The van der Waals surface area contributed by atoms with Crippen molar-refractivity contribution in [2.24, 2.45) is 0 Å². The van der Waals surface area contributed by atoms with Crippen molar-refractivity contribution >= 4 is 33.6 Å². The van der Waals surface area contributed by atoms with Crippen LogP contribution < -0.4 is 10.1 Å². The fourth-order valence-corrected chi connectivity index (χ4v) is 4.18. The number of aliphatic carboxylic acids is 1. The summed E-state index contributed by atoms with van der Waals surface area (Å²) in [4.78, 5) is 27.8. The van der Waals surface area contributed by atoms with Gasteiger partial charge in [-0.2, -0.15) is 0 Å². The van der Waals surface area contributed by atoms with Crippen molar-refractivity contribution in [2.45, 2.75) is 19.1 Å². The molecule has 4 aromatic carbocycles. The summed E-state index contributed by atoms with van der Waals surface area (Å²) < 4.78 is 19.6. The molecule has 0 aliphatic rings. The molecule has 0 radical (unpaired) electrons. The average molecular weight is 483 g/mol. The standard InChI is InChI=1S/C29H23FN2O4/c30-23-9-11-26-25(15-23)22(16-31-26)14-27(29(34)35)32-28(33)21-7-6-20-13-24(10-8-19(20)12-21)36-17-18-4-2-1-3-5-18/h1-13,15-16,27,31H,14,17H2,(H,32,33)(H,34,35). The molecule has 1 aromatic heterocycles. The Morgan fingerprint density at radius 1 is 0.944 bits per heavy atom. The van der Waals surface area contributed by atoms with Crippen LogP contribution in [0, 0.1) is 5.82 Å². The zero-order valence-corrected chi connectivity index (χ0v) is 19.2. The summed E-state index contributed by atoms with van der Waals surface area (Å²) in [6, 6.07) is 23.7. The highest BCUT2D eigenvalue weighted by atomic mass is 19.1. The number of carbonyl (C=O) groups excluding carboxylic acids is 1. The molecule has 7 heteroatoms. The maximum Gasteiger partial charge on any atom is 0.326 e. The first-order valence-electron chi connectivity index (χ1n) is 11.5. The molecule has 0 aliphatic carbocycles. The Morgan fingerprint density at radius 2 is 1.72 bits per heavy atom. The van der Waals surface area contributed by atoms with Gasteiger partial charge in [-0.1, -0.05) is 42.5 Å². The Balaban J connectivity index is 1.30. The molecule has 3 N–H and O–H groups in total. The second kappa shape index (κ2) is 9.92. The Bertz CT molecular complexity index is 1560. The highest BCUT2D eigenvalue weighted by Gasteiger charge is 2.23. The van der Waals surface area contributed by atoms with Crippen LogP contribution in [0.25, 0.3) is 21.7 Å². The molecule has 1 amide bonds. The van der Waals surface area contributed by atoms with E-state index in [0.29, 0.717) is 34.4 Å². The second-order valence-electron chi connectivity index (χ2n) is 8.57. The number of halogens is 1. The Morgan fingerprint density at radius 3 is 2.53 bits per heavy atom. The third-order valence-corrected chi connectivity index (χ3v) is 6.08. The maximum atomic E-state index is 13.7. The van der Waals surface area contributed by atoms with Crippen molar-refractivity contribution in [3.8, 4) is 5.75 Å². The van der Waals surface area contributed by atoms with Gasteiger partial charge in [0.05, 0.1) is 0 Å². The second-order valence-corrected chi connectivity index (χ2v) is 8.57. The van der Waals surface area contributed by atoms with E-state index in [2.05, 4.69) is 10.3 Å². The number of ether oxygens (including phenoxy) is 1. The van der Waals surface area contributed by atoms with Gasteiger partial charge in [-0.15, -0.1) is 0 Å². The van der Waals surface area contributed by atoms with Crippen LogP contribution in [-0.2, 0) is 17.8 Å². The lowest BCUT2D eigenvalue weighted by atomic mass is 10.0. The van der Waals surface area contributed by atoms with Crippen LogP contribution in [-0.4, -0.2) is 28.0 Å². The van der Waals surface area contributed by atoms with Gasteiger partial charge in [-0.05, 0) is 64.4 Å². The molecule has 0 saturated carbocycles. The molecule has 180 valence electrons. The van der Waals surface area contributed by atoms with Crippen LogP contribution in [0.15, 0.2) is 91.1 Å². The number of fused-ring (bicyclic) bond motifs is 2. The third-order valence-electron chi connectivity index (χ3n) is 6.08. The van der Waals surface area contributed by atoms with E-state index >= 15 is 0 Å². The number of amides is 1. The minimum atomic E-state index is -1.18. The van der Waals surface area contributed by atoms with Crippen molar-refractivity contribution in [1.82, 2.24) is 10.3 Å². The number of aromatic amines is 1. The number of aromatic nitrogens is 1. The summed E-state index contributed by atoms with van der Waals surface area (Å²) in [5.74, 6) is -1.37. The number of rotatable bonds is 8. The van der Waals surface area contributed by atoms with E-state index in [1.54, 1.807) is 30.5 Å². The Hall–Kier alpha value is -4.65. The minimum absolute atomic E-state index is 0.0141. The molecule has 0 saturated heterocycles. The summed E-state index contributed by atoms with van der Waals surface area (Å²) in [6.07, 6.45) is 1.65. The van der Waals surface area contributed by atoms with Crippen molar-refractivity contribution in [2.75, 3.05) is 0 Å². The zero-order valence-electron chi connectivity index (χ0n) is 19.2. The van der Waals surface area contributed by atoms with Crippen molar-refractivity contribution < 1.29 is 23.8 Å². The highest BCUT2D eigenvalue weighted by Crippen LogP contribution is 2.24. The summed E-state index contributed by atoms with van der Waals surface area (Å²) in [5.41, 5.74) is 2.72. The van der Waals surface area contributed by atoms with Gasteiger partial charge >= 0.3 is 5.97 Å². The molecule has 5 aromatic rings.